The summed E-state index contributed by atoms with van der Waals surface area (Å²) in [5, 5.41) is 12.3. The maximum absolute atomic E-state index is 9.09. The van der Waals surface area contributed by atoms with E-state index in [2.05, 4.69) is 27.9 Å². The number of halogens is 1. The zero-order valence-electron chi connectivity index (χ0n) is 8.83. The van der Waals surface area contributed by atoms with Crippen LogP contribution in [0.3, 0.4) is 0 Å². The standard InChI is InChI=1S/C11H17IN2O/c1-8(15)3-2-6-14-11-5-4-9(12)7-10(11)13/h4-5,7-8,14-15H,2-3,6,13H2,1H3. The van der Waals surface area contributed by atoms with Gasteiger partial charge in [-0.05, 0) is 60.6 Å². The molecule has 0 fully saturated rings. The monoisotopic (exact) mass is 320 g/mol. The van der Waals surface area contributed by atoms with Crippen molar-refractivity contribution in [3.05, 3.63) is 21.8 Å². The SMILES string of the molecule is CC(O)CCCNc1ccc(I)cc1N. The molecule has 15 heavy (non-hydrogen) atoms. The number of aliphatic hydroxyl groups is 1. The molecule has 0 aliphatic rings. The van der Waals surface area contributed by atoms with Gasteiger partial charge in [0.05, 0.1) is 17.5 Å². The summed E-state index contributed by atoms with van der Waals surface area (Å²) in [5.41, 5.74) is 7.60. The van der Waals surface area contributed by atoms with Crippen molar-refractivity contribution >= 4 is 34.0 Å². The summed E-state index contributed by atoms with van der Waals surface area (Å²) in [6, 6.07) is 5.95. The summed E-state index contributed by atoms with van der Waals surface area (Å²) in [5.74, 6) is 0. The number of nitrogens with two attached hydrogens (primary N) is 1. The molecule has 0 aliphatic carbocycles. The molecular formula is C11H17IN2O. The van der Waals surface area contributed by atoms with E-state index in [-0.39, 0.29) is 6.10 Å². The molecule has 0 heterocycles. The molecule has 84 valence electrons. The zero-order chi connectivity index (χ0) is 11.3. The highest BCUT2D eigenvalue weighted by Crippen LogP contribution is 2.20. The number of hydrogen-bond acceptors (Lipinski definition) is 3. The number of nitrogens with one attached hydrogen (secondary N) is 1. The first-order valence-electron chi connectivity index (χ1n) is 5.06. The van der Waals surface area contributed by atoms with Gasteiger partial charge < -0.3 is 16.2 Å². The lowest BCUT2D eigenvalue weighted by Crippen LogP contribution is -2.07. The van der Waals surface area contributed by atoms with Gasteiger partial charge >= 0.3 is 0 Å². The minimum atomic E-state index is -0.221. The van der Waals surface area contributed by atoms with Crippen molar-refractivity contribution < 1.29 is 5.11 Å². The molecule has 0 saturated heterocycles. The Bertz CT molecular complexity index is 315. The van der Waals surface area contributed by atoms with Gasteiger partial charge in [0.25, 0.3) is 0 Å². The van der Waals surface area contributed by atoms with E-state index in [9.17, 15) is 0 Å². The molecule has 1 unspecified atom stereocenters. The second-order valence-electron chi connectivity index (χ2n) is 3.65. The topological polar surface area (TPSA) is 58.3 Å². The fourth-order valence-electron chi connectivity index (χ4n) is 1.32. The van der Waals surface area contributed by atoms with Crippen LogP contribution in [0.15, 0.2) is 18.2 Å². The predicted octanol–water partition coefficient (Wildman–Crippen LogP) is 2.45. The molecule has 0 aliphatic heterocycles. The maximum Gasteiger partial charge on any atom is 0.0574 e. The molecule has 1 atom stereocenters. The average molecular weight is 320 g/mol. The van der Waals surface area contributed by atoms with Gasteiger partial charge in [-0.2, -0.15) is 0 Å². The molecule has 1 aromatic rings. The van der Waals surface area contributed by atoms with E-state index in [1.165, 1.54) is 0 Å². The highest BCUT2D eigenvalue weighted by molar-refractivity contribution is 14.1. The van der Waals surface area contributed by atoms with Crippen molar-refractivity contribution in [1.82, 2.24) is 0 Å². The Kier molecular flexibility index (Phi) is 5.17. The van der Waals surface area contributed by atoms with E-state index >= 15 is 0 Å². The van der Waals surface area contributed by atoms with E-state index in [0.29, 0.717) is 0 Å². The van der Waals surface area contributed by atoms with Crippen LogP contribution in [-0.4, -0.2) is 17.8 Å². The van der Waals surface area contributed by atoms with Gasteiger partial charge in [-0.15, -0.1) is 0 Å². The van der Waals surface area contributed by atoms with E-state index < -0.39 is 0 Å². The van der Waals surface area contributed by atoms with Crippen LogP contribution in [0, 0.1) is 3.57 Å². The summed E-state index contributed by atoms with van der Waals surface area (Å²) in [6.07, 6.45) is 1.54. The summed E-state index contributed by atoms with van der Waals surface area (Å²) in [7, 11) is 0. The minimum Gasteiger partial charge on any atom is -0.397 e. The van der Waals surface area contributed by atoms with Gasteiger partial charge in [-0.25, -0.2) is 0 Å². The number of anilines is 2. The lowest BCUT2D eigenvalue weighted by atomic mass is 10.2. The first-order valence-corrected chi connectivity index (χ1v) is 6.14. The first-order chi connectivity index (χ1) is 7.09. The molecule has 0 aromatic heterocycles. The van der Waals surface area contributed by atoms with Crippen LogP contribution in [0.5, 0.6) is 0 Å². The number of rotatable bonds is 5. The largest absolute Gasteiger partial charge is 0.397 e. The van der Waals surface area contributed by atoms with Crippen molar-refractivity contribution in [3.8, 4) is 0 Å². The number of nitrogen functional groups attached to an aromatic ring is 1. The van der Waals surface area contributed by atoms with Gasteiger partial charge in [0.2, 0.25) is 0 Å². The van der Waals surface area contributed by atoms with Crippen molar-refractivity contribution in [2.24, 2.45) is 0 Å². The van der Waals surface area contributed by atoms with E-state index in [1.54, 1.807) is 6.92 Å². The Hall–Kier alpha value is -0.490. The first kappa shape index (κ1) is 12.6. The summed E-state index contributed by atoms with van der Waals surface area (Å²) >= 11 is 2.23. The molecule has 1 rings (SSSR count). The fourth-order valence-corrected chi connectivity index (χ4v) is 1.83. The lowest BCUT2D eigenvalue weighted by Gasteiger charge is -2.10. The van der Waals surface area contributed by atoms with Gasteiger partial charge in [-0.1, -0.05) is 0 Å². The minimum absolute atomic E-state index is 0.221. The zero-order valence-corrected chi connectivity index (χ0v) is 11.0. The van der Waals surface area contributed by atoms with E-state index in [0.717, 1.165) is 34.3 Å². The van der Waals surface area contributed by atoms with Crippen LogP contribution in [0.4, 0.5) is 11.4 Å². The predicted molar refractivity (Wildman–Crippen MR) is 73.0 cm³/mol. The molecular weight excluding hydrogens is 303 g/mol. The van der Waals surface area contributed by atoms with Crippen LogP contribution < -0.4 is 11.1 Å². The highest BCUT2D eigenvalue weighted by Gasteiger charge is 1.99. The van der Waals surface area contributed by atoms with Crippen molar-refractivity contribution in [3.63, 3.8) is 0 Å². The van der Waals surface area contributed by atoms with Crippen LogP contribution in [0.1, 0.15) is 19.8 Å². The van der Waals surface area contributed by atoms with Gasteiger partial charge in [0.15, 0.2) is 0 Å². The summed E-state index contributed by atoms with van der Waals surface area (Å²) < 4.78 is 1.14. The van der Waals surface area contributed by atoms with Gasteiger partial charge in [0, 0.05) is 10.1 Å². The quantitative estimate of drug-likeness (QED) is 0.444. The van der Waals surface area contributed by atoms with Crippen molar-refractivity contribution in [2.45, 2.75) is 25.9 Å². The molecule has 3 nitrogen and oxygen atoms in total. The number of benzene rings is 1. The maximum atomic E-state index is 9.09. The Morgan fingerprint density at radius 1 is 1.53 bits per heavy atom. The third-order valence-electron chi connectivity index (χ3n) is 2.13. The summed E-state index contributed by atoms with van der Waals surface area (Å²) in [4.78, 5) is 0. The van der Waals surface area contributed by atoms with Crippen LogP contribution in [-0.2, 0) is 0 Å². The third kappa shape index (κ3) is 4.70. The molecule has 0 spiro atoms. The molecule has 4 N–H and O–H groups in total. The fraction of sp³-hybridized carbons (Fsp3) is 0.455. The second kappa shape index (κ2) is 6.17. The molecule has 1 aromatic carbocycles. The van der Waals surface area contributed by atoms with Gasteiger partial charge in [0.1, 0.15) is 0 Å². The highest BCUT2D eigenvalue weighted by atomic mass is 127. The molecule has 0 bridgehead atoms. The van der Waals surface area contributed by atoms with Crippen LogP contribution in [0.2, 0.25) is 0 Å². The van der Waals surface area contributed by atoms with Crippen molar-refractivity contribution in [2.75, 3.05) is 17.6 Å². The Balaban J connectivity index is 2.37. The van der Waals surface area contributed by atoms with Crippen LogP contribution in [0.25, 0.3) is 0 Å². The molecule has 4 heteroatoms. The van der Waals surface area contributed by atoms with Gasteiger partial charge in [-0.3, -0.25) is 0 Å². The van der Waals surface area contributed by atoms with E-state index in [4.69, 9.17) is 10.8 Å². The second-order valence-corrected chi connectivity index (χ2v) is 4.90. The average Bonchev–Trinajstić information content (AvgIpc) is 2.14. The number of hydrogen-bond donors (Lipinski definition) is 3. The molecule has 0 saturated carbocycles. The Morgan fingerprint density at radius 3 is 2.87 bits per heavy atom. The Morgan fingerprint density at radius 2 is 2.27 bits per heavy atom. The summed E-state index contributed by atoms with van der Waals surface area (Å²) in [6.45, 7) is 2.65. The third-order valence-corrected chi connectivity index (χ3v) is 2.80. The van der Waals surface area contributed by atoms with Crippen LogP contribution >= 0.6 is 22.6 Å². The molecule has 0 amide bonds. The number of aliphatic hydroxyl groups excluding tert-OH is 1. The normalized spacial score (nSPS) is 12.5. The van der Waals surface area contributed by atoms with E-state index in [1.807, 2.05) is 18.2 Å². The Labute approximate surface area is 104 Å². The van der Waals surface area contributed by atoms with Crippen molar-refractivity contribution in [1.29, 1.82) is 0 Å². The lowest BCUT2D eigenvalue weighted by molar-refractivity contribution is 0.183. The smallest absolute Gasteiger partial charge is 0.0574 e. The molecule has 0 radical (unpaired) electrons.